The predicted molar refractivity (Wildman–Crippen MR) is 75.5 cm³/mol. The number of carboxylic acids is 1. The largest absolute Gasteiger partial charge is 0.478 e. The van der Waals surface area contributed by atoms with Crippen LogP contribution >= 0.6 is 0 Å². The SMILES string of the molecule is Cc1c(NCC2CC3C=CC2C3)cccc1C(=O)O. The normalized spacial score (nSPS) is 27.7. The molecule has 1 saturated carbocycles. The topological polar surface area (TPSA) is 49.3 Å². The number of fused-ring (bicyclic) bond motifs is 2. The summed E-state index contributed by atoms with van der Waals surface area (Å²) >= 11 is 0. The van der Waals surface area contributed by atoms with Crippen molar-refractivity contribution in [3.05, 3.63) is 41.5 Å². The van der Waals surface area contributed by atoms with E-state index in [2.05, 4.69) is 17.5 Å². The van der Waals surface area contributed by atoms with Crippen molar-refractivity contribution >= 4 is 11.7 Å². The van der Waals surface area contributed by atoms with Gasteiger partial charge in [-0.3, -0.25) is 0 Å². The zero-order valence-corrected chi connectivity index (χ0v) is 11.1. The Morgan fingerprint density at radius 3 is 2.84 bits per heavy atom. The average molecular weight is 257 g/mol. The molecule has 3 atom stereocenters. The van der Waals surface area contributed by atoms with Gasteiger partial charge in [-0.05, 0) is 55.2 Å². The molecule has 2 N–H and O–H groups in total. The lowest BCUT2D eigenvalue weighted by molar-refractivity contribution is 0.0696. The maximum absolute atomic E-state index is 11.1. The van der Waals surface area contributed by atoms with E-state index in [-0.39, 0.29) is 0 Å². The molecule has 2 bridgehead atoms. The zero-order chi connectivity index (χ0) is 13.4. The van der Waals surface area contributed by atoms with Gasteiger partial charge in [0.15, 0.2) is 0 Å². The van der Waals surface area contributed by atoms with Gasteiger partial charge in [0.25, 0.3) is 0 Å². The Kier molecular flexibility index (Phi) is 3.05. The maximum Gasteiger partial charge on any atom is 0.336 e. The molecule has 0 heterocycles. The van der Waals surface area contributed by atoms with Crippen LogP contribution in [-0.4, -0.2) is 17.6 Å². The number of allylic oxidation sites excluding steroid dienone is 2. The number of aromatic carboxylic acids is 1. The van der Waals surface area contributed by atoms with E-state index in [4.69, 9.17) is 5.11 Å². The predicted octanol–water partition coefficient (Wildman–Crippen LogP) is 3.32. The van der Waals surface area contributed by atoms with Gasteiger partial charge in [0.1, 0.15) is 0 Å². The molecular formula is C16H19NO2. The van der Waals surface area contributed by atoms with Crippen molar-refractivity contribution in [2.75, 3.05) is 11.9 Å². The Labute approximate surface area is 113 Å². The minimum atomic E-state index is -0.857. The highest BCUT2D eigenvalue weighted by atomic mass is 16.4. The van der Waals surface area contributed by atoms with Crippen molar-refractivity contribution in [1.82, 2.24) is 0 Å². The molecule has 1 fully saturated rings. The fourth-order valence-electron chi connectivity index (χ4n) is 3.43. The summed E-state index contributed by atoms with van der Waals surface area (Å²) < 4.78 is 0. The van der Waals surface area contributed by atoms with Gasteiger partial charge in [0.05, 0.1) is 5.56 Å². The third kappa shape index (κ3) is 2.25. The highest BCUT2D eigenvalue weighted by Crippen LogP contribution is 2.43. The van der Waals surface area contributed by atoms with E-state index < -0.39 is 5.97 Å². The summed E-state index contributed by atoms with van der Waals surface area (Å²) in [5.74, 6) is 1.34. The number of carboxylic acid groups (broad SMARTS) is 1. The van der Waals surface area contributed by atoms with Crippen LogP contribution in [0.25, 0.3) is 0 Å². The van der Waals surface area contributed by atoms with Crippen molar-refractivity contribution in [3.8, 4) is 0 Å². The Morgan fingerprint density at radius 1 is 1.37 bits per heavy atom. The lowest BCUT2D eigenvalue weighted by Gasteiger charge is -2.20. The summed E-state index contributed by atoms with van der Waals surface area (Å²) in [5.41, 5.74) is 2.16. The van der Waals surface area contributed by atoms with E-state index in [1.807, 2.05) is 13.0 Å². The number of rotatable bonds is 4. The Morgan fingerprint density at radius 2 is 2.21 bits per heavy atom. The quantitative estimate of drug-likeness (QED) is 0.813. The van der Waals surface area contributed by atoms with Crippen LogP contribution in [0, 0.1) is 24.7 Å². The summed E-state index contributed by atoms with van der Waals surface area (Å²) in [5, 5.41) is 12.6. The minimum Gasteiger partial charge on any atom is -0.478 e. The number of anilines is 1. The molecule has 2 aliphatic rings. The lowest BCUT2D eigenvalue weighted by atomic mass is 9.93. The summed E-state index contributed by atoms with van der Waals surface area (Å²) in [4.78, 5) is 11.1. The summed E-state index contributed by atoms with van der Waals surface area (Å²) in [6.07, 6.45) is 7.27. The van der Waals surface area contributed by atoms with Crippen LogP contribution in [0.3, 0.4) is 0 Å². The van der Waals surface area contributed by atoms with Crippen LogP contribution in [0.5, 0.6) is 0 Å². The second kappa shape index (κ2) is 4.72. The van der Waals surface area contributed by atoms with Crippen LogP contribution < -0.4 is 5.32 Å². The molecule has 3 rings (SSSR count). The Balaban J connectivity index is 1.69. The summed E-state index contributed by atoms with van der Waals surface area (Å²) in [6, 6.07) is 5.42. The third-order valence-electron chi connectivity index (χ3n) is 4.54. The standard InChI is InChI=1S/C16H19NO2/c1-10-14(16(18)19)3-2-4-15(10)17-9-13-8-11-5-6-12(13)7-11/h2-6,11-13,17H,7-9H2,1H3,(H,18,19). The van der Waals surface area contributed by atoms with Gasteiger partial charge in [-0.1, -0.05) is 18.2 Å². The maximum atomic E-state index is 11.1. The van der Waals surface area contributed by atoms with Gasteiger partial charge in [-0.25, -0.2) is 4.79 Å². The molecule has 2 aliphatic carbocycles. The number of hydrogen-bond acceptors (Lipinski definition) is 2. The third-order valence-corrected chi connectivity index (χ3v) is 4.54. The van der Waals surface area contributed by atoms with Gasteiger partial charge in [-0.2, -0.15) is 0 Å². The highest BCUT2D eigenvalue weighted by molar-refractivity contribution is 5.91. The molecule has 100 valence electrons. The van der Waals surface area contributed by atoms with Crippen molar-refractivity contribution < 1.29 is 9.90 Å². The first-order valence-corrected chi connectivity index (χ1v) is 6.90. The van der Waals surface area contributed by atoms with Crippen molar-refractivity contribution in [2.24, 2.45) is 17.8 Å². The van der Waals surface area contributed by atoms with E-state index in [9.17, 15) is 4.79 Å². The van der Waals surface area contributed by atoms with Crippen LogP contribution in [0.1, 0.15) is 28.8 Å². The van der Waals surface area contributed by atoms with E-state index in [1.54, 1.807) is 12.1 Å². The first-order valence-electron chi connectivity index (χ1n) is 6.90. The molecule has 3 unspecified atom stereocenters. The van der Waals surface area contributed by atoms with E-state index in [1.165, 1.54) is 12.8 Å². The highest BCUT2D eigenvalue weighted by Gasteiger charge is 2.35. The molecule has 0 amide bonds. The molecule has 3 nitrogen and oxygen atoms in total. The molecule has 1 aromatic carbocycles. The van der Waals surface area contributed by atoms with Gasteiger partial charge < -0.3 is 10.4 Å². The molecule has 0 aromatic heterocycles. The number of hydrogen-bond donors (Lipinski definition) is 2. The monoisotopic (exact) mass is 257 g/mol. The Hall–Kier alpha value is -1.77. The molecule has 1 aromatic rings. The first-order chi connectivity index (χ1) is 9.15. The number of benzene rings is 1. The molecule has 19 heavy (non-hydrogen) atoms. The zero-order valence-electron chi connectivity index (χ0n) is 11.1. The minimum absolute atomic E-state index is 0.387. The van der Waals surface area contributed by atoms with Crippen LogP contribution in [0.15, 0.2) is 30.4 Å². The van der Waals surface area contributed by atoms with Crippen LogP contribution in [0.2, 0.25) is 0 Å². The Bertz CT molecular complexity index is 536. The fourth-order valence-corrected chi connectivity index (χ4v) is 3.43. The van der Waals surface area contributed by atoms with Gasteiger partial charge >= 0.3 is 5.97 Å². The van der Waals surface area contributed by atoms with E-state index in [0.29, 0.717) is 11.5 Å². The summed E-state index contributed by atoms with van der Waals surface area (Å²) in [6.45, 7) is 2.81. The molecule has 0 spiro atoms. The van der Waals surface area contributed by atoms with E-state index >= 15 is 0 Å². The smallest absolute Gasteiger partial charge is 0.336 e. The van der Waals surface area contributed by atoms with Crippen LogP contribution in [0.4, 0.5) is 5.69 Å². The van der Waals surface area contributed by atoms with Crippen molar-refractivity contribution in [3.63, 3.8) is 0 Å². The fraction of sp³-hybridized carbons (Fsp3) is 0.438. The van der Waals surface area contributed by atoms with Crippen molar-refractivity contribution in [2.45, 2.75) is 19.8 Å². The van der Waals surface area contributed by atoms with Gasteiger partial charge in [0, 0.05) is 12.2 Å². The molecular weight excluding hydrogens is 238 g/mol. The van der Waals surface area contributed by atoms with Gasteiger partial charge in [0.2, 0.25) is 0 Å². The average Bonchev–Trinajstić information content (AvgIpc) is 2.99. The summed E-state index contributed by atoms with van der Waals surface area (Å²) in [7, 11) is 0. The number of nitrogens with one attached hydrogen (secondary N) is 1. The lowest BCUT2D eigenvalue weighted by Crippen LogP contribution is -2.19. The molecule has 0 saturated heterocycles. The second-order valence-electron chi connectivity index (χ2n) is 5.70. The molecule has 0 radical (unpaired) electrons. The molecule has 0 aliphatic heterocycles. The van der Waals surface area contributed by atoms with Crippen LogP contribution in [-0.2, 0) is 0 Å². The van der Waals surface area contributed by atoms with Gasteiger partial charge in [-0.15, -0.1) is 0 Å². The second-order valence-corrected chi connectivity index (χ2v) is 5.70. The van der Waals surface area contributed by atoms with Crippen molar-refractivity contribution in [1.29, 1.82) is 0 Å². The van der Waals surface area contributed by atoms with E-state index in [0.717, 1.165) is 29.6 Å². The molecule has 3 heteroatoms. The number of carbonyl (C=O) groups is 1. The first kappa shape index (κ1) is 12.3.